The molecule has 0 saturated carbocycles. The molecule has 4 rings (SSSR count). The number of carbonyl (C=O) groups excluding carboxylic acids is 1. The minimum absolute atomic E-state index is 0. The molecule has 2 aromatic carbocycles. The molecule has 2 heterocycles. The number of rotatable bonds is 7. The molecular weight excluding hydrogens is 410 g/mol. The highest BCUT2D eigenvalue weighted by molar-refractivity contribution is 5.94. The molecule has 164 valence electrons. The molecule has 1 aromatic heterocycles. The van der Waals surface area contributed by atoms with Crippen molar-refractivity contribution in [1.82, 2.24) is 24.6 Å². The summed E-state index contributed by atoms with van der Waals surface area (Å²) in [4.78, 5) is 21.3. The average molecular weight is 440 g/mol. The number of amides is 1. The number of aromatic nitrogens is 3. The summed E-state index contributed by atoms with van der Waals surface area (Å²) in [5, 5.41) is 4.12. The predicted octanol–water partition coefficient (Wildman–Crippen LogP) is 3.53. The van der Waals surface area contributed by atoms with E-state index in [2.05, 4.69) is 52.4 Å². The van der Waals surface area contributed by atoms with E-state index in [0.29, 0.717) is 12.6 Å². The van der Waals surface area contributed by atoms with Crippen LogP contribution in [0.2, 0.25) is 0 Å². The topological polar surface area (TPSA) is 54.3 Å². The lowest BCUT2D eigenvalue weighted by atomic mass is 10.0. The van der Waals surface area contributed by atoms with E-state index in [4.69, 9.17) is 0 Å². The van der Waals surface area contributed by atoms with Crippen LogP contribution in [0.1, 0.15) is 34.3 Å². The predicted molar refractivity (Wildman–Crippen MR) is 125 cm³/mol. The standard InChI is InChI=1S/C24H29N5O.ClH/c1-27(14-11-20-5-3-2-4-6-20)23-12-15-28(16-13-23)24(30)22-9-7-21(8-10-22)17-29-19-25-18-26-29;/h2-10,18-19,23H,11-17H2,1H3;1H. The minimum atomic E-state index is 0. The molecule has 1 aliphatic heterocycles. The Hall–Kier alpha value is -2.70. The second-order valence-electron chi connectivity index (χ2n) is 8.03. The Morgan fingerprint density at radius 1 is 1.03 bits per heavy atom. The molecule has 0 bridgehead atoms. The Bertz CT molecular complexity index is 922. The first-order valence-electron chi connectivity index (χ1n) is 10.6. The van der Waals surface area contributed by atoms with E-state index in [-0.39, 0.29) is 18.3 Å². The lowest BCUT2D eigenvalue weighted by Gasteiger charge is -2.37. The number of likely N-dealkylation sites (N-methyl/N-ethyl adjacent to an activating group) is 1. The SMILES string of the molecule is CN(CCc1ccccc1)C1CCN(C(=O)c2ccc(Cn3cncn3)cc2)CC1.Cl. The van der Waals surface area contributed by atoms with Gasteiger partial charge in [0, 0.05) is 31.2 Å². The summed E-state index contributed by atoms with van der Waals surface area (Å²) in [6, 6.07) is 19.0. The van der Waals surface area contributed by atoms with Gasteiger partial charge in [-0.2, -0.15) is 5.10 Å². The zero-order valence-corrected chi connectivity index (χ0v) is 18.7. The second kappa shape index (κ2) is 11.1. The van der Waals surface area contributed by atoms with Crippen LogP contribution >= 0.6 is 12.4 Å². The Balaban J connectivity index is 0.00000272. The van der Waals surface area contributed by atoms with Crippen molar-refractivity contribution in [2.75, 3.05) is 26.7 Å². The van der Waals surface area contributed by atoms with Gasteiger partial charge in [-0.3, -0.25) is 4.79 Å². The van der Waals surface area contributed by atoms with Crippen LogP contribution in [0, 0.1) is 0 Å². The summed E-state index contributed by atoms with van der Waals surface area (Å²) < 4.78 is 1.77. The number of benzene rings is 2. The van der Waals surface area contributed by atoms with Crippen molar-refractivity contribution in [2.45, 2.75) is 31.8 Å². The Labute approximate surface area is 190 Å². The Kier molecular flexibility index (Phi) is 8.20. The van der Waals surface area contributed by atoms with Gasteiger partial charge in [-0.1, -0.05) is 42.5 Å². The van der Waals surface area contributed by atoms with Gasteiger partial charge in [-0.25, -0.2) is 9.67 Å². The van der Waals surface area contributed by atoms with Crippen LogP contribution in [0.5, 0.6) is 0 Å². The van der Waals surface area contributed by atoms with Gasteiger partial charge in [0.25, 0.3) is 5.91 Å². The Morgan fingerprint density at radius 3 is 2.39 bits per heavy atom. The number of nitrogens with zero attached hydrogens (tertiary/aromatic N) is 5. The molecule has 1 aliphatic rings. The van der Waals surface area contributed by atoms with Gasteiger partial charge in [-0.05, 0) is 49.6 Å². The number of hydrogen-bond acceptors (Lipinski definition) is 4. The molecule has 0 spiro atoms. The molecule has 0 N–H and O–H groups in total. The van der Waals surface area contributed by atoms with Gasteiger partial charge in [0.2, 0.25) is 0 Å². The van der Waals surface area contributed by atoms with Crippen LogP contribution in [0.15, 0.2) is 67.3 Å². The first-order valence-corrected chi connectivity index (χ1v) is 10.6. The molecule has 0 atom stereocenters. The van der Waals surface area contributed by atoms with Crippen molar-refractivity contribution in [1.29, 1.82) is 0 Å². The highest BCUT2D eigenvalue weighted by Crippen LogP contribution is 2.18. The van der Waals surface area contributed by atoms with Gasteiger partial charge in [0.05, 0.1) is 6.54 Å². The van der Waals surface area contributed by atoms with Crippen molar-refractivity contribution in [3.63, 3.8) is 0 Å². The van der Waals surface area contributed by atoms with Gasteiger partial charge in [0.15, 0.2) is 0 Å². The van der Waals surface area contributed by atoms with Gasteiger partial charge < -0.3 is 9.80 Å². The van der Waals surface area contributed by atoms with Crippen molar-refractivity contribution in [3.8, 4) is 0 Å². The maximum absolute atomic E-state index is 12.9. The molecule has 31 heavy (non-hydrogen) atoms. The van der Waals surface area contributed by atoms with E-state index < -0.39 is 0 Å². The molecule has 6 nitrogen and oxygen atoms in total. The number of hydrogen-bond donors (Lipinski definition) is 0. The Morgan fingerprint density at radius 2 is 1.74 bits per heavy atom. The summed E-state index contributed by atoms with van der Waals surface area (Å²) in [5.41, 5.74) is 3.24. The second-order valence-corrected chi connectivity index (χ2v) is 8.03. The van der Waals surface area contributed by atoms with Crippen molar-refractivity contribution in [3.05, 3.63) is 83.9 Å². The number of likely N-dealkylation sites (tertiary alicyclic amines) is 1. The lowest BCUT2D eigenvalue weighted by molar-refractivity contribution is 0.0647. The van der Waals surface area contributed by atoms with Gasteiger partial charge in [-0.15, -0.1) is 12.4 Å². The third-order valence-electron chi connectivity index (χ3n) is 5.98. The van der Waals surface area contributed by atoms with Crippen LogP contribution in [-0.2, 0) is 13.0 Å². The quantitative estimate of drug-likeness (QED) is 0.565. The smallest absolute Gasteiger partial charge is 0.253 e. The highest BCUT2D eigenvalue weighted by Gasteiger charge is 2.25. The van der Waals surface area contributed by atoms with Gasteiger partial charge in [0.1, 0.15) is 12.7 Å². The zero-order valence-electron chi connectivity index (χ0n) is 17.9. The number of piperidine rings is 1. The van der Waals surface area contributed by atoms with E-state index in [1.807, 2.05) is 29.2 Å². The average Bonchev–Trinajstić information content (AvgIpc) is 3.31. The molecule has 1 amide bonds. The lowest BCUT2D eigenvalue weighted by Crippen LogP contribution is -2.46. The summed E-state index contributed by atoms with van der Waals surface area (Å²) in [5.74, 6) is 0.132. The molecule has 7 heteroatoms. The fourth-order valence-corrected chi connectivity index (χ4v) is 4.08. The van der Waals surface area contributed by atoms with Gasteiger partial charge >= 0.3 is 0 Å². The van der Waals surface area contributed by atoms with Crippen molar-refractivity contribution in [2.24, 2.45) is 0 Å². The maximum Gasteiger partial charge on any atom is 0.253 e. The molecule has 1 saturated heterocycles. The summed E-state index contributed by atoms with van der Waals surface area (Å²) in [6.45, 7) is 3.35. The molecule has 0 unspecified atom stereocenters. The fourth-order valence-electron chi connectivity index (χ4n) is 4.08. The molecule has 3 aromatic rings. The largest absolute Gasteiger partial charge is 0.339 e. The minimum Gasteiger partial charge on any atom is -0.339 e. The highest BCUT2D eigenvalue weighted by atomic mass is 35.5. The van der Waals surface area contributed by atoms with Crippen LogP contribution in [0.4, 0.5) is 0 Å². The molecule has 0 radical (unpaired) electrons. The monoisotopic (exact) mass is 439 g/mol. The third kappa shape index (κ3) is 6.15. The van der Waals surface area contributed by atoms with Crippen LogP contribution in [0.25, 0.3) is 0 Å². The normalized spacial score (nSPS) is 14.5. The number of carbonyl (C=O) groups is 1. The van der Waals surface area contributed by atoms with Crippen molar-refractivity contribution < 1.29 is 4.79 Å². The first-order chi connectivity index (χ1) is 14.7. The van der Waals surface area contributed by atoms with Crippen LogP contribution < -0.4 is 0 Å². The van der Waals surface area contributed by atoms with E-state index in [1.54, 1.807) is 11.0 Å². The fraction of sp³-hybridized carbons (Fsp3) is 0.375. The summed E-state index contributed by atoms with van der Waals surface area (Å²) >= 11 is 0. The summed E-state index contributed by atoms with van der Waals surface area (Å²) in [7, 11) is 2.21. The third-order valence-corrected chi connectivity index (χ3v) is 5.98. The molecule has 1 fully saturated rings. The van der Waals surface area contributed by atoms with Crippen LogP contribution in [0.3, 0.4) is 0 Å². The first kappa shape index (κ1) is 23.0. The summed E-state index contributed by atoms with van der Waals surface area (Å²) in [6.07, 6.45) is 6.35. The maximum atomic E-state index is 12.9. The zero-order chi connectivity index (χ0) is 20.8. The number of halogens is 1. The van der Waals surface area contributed by atoms with E-state index in [0.717, 1.165) is 50.0 Å². The molecule has 0 aliphatic carbocycles. The van der Waals surface area contributed by atoms with E-state index >= 15 is 0 Å². The van der Waals surface area contributed by atoms with E-state index in [1.165, 1.54) is 11.9 Å². The molecular formula is C24H30ClN5O. The van der Waals surface area contributed by atoms with Crippen LogP contribution in [-0.4, -0.2) is 63.2 Å². The van der Waals surface area contributed by atoms with E-state index in [9.17, 15) is 4.79 Å². The van der Waals surface area contributed by atoms with Crippen molar-refractivity contribution >= 4 is 18.3 Å².